The van der Waals surface area contributed by atoms with E-state index < -0.39 is 5.97 Å². The first-order valence-corrected chi connectivity index (χ1v) is 9.04. The number of hydrogen-bond acceptors (Lipinski definition) is 7. The monoisotopic (exact) mass is 380 g/mol. The normalized spacial score (nSPS) is 17.0. The van der Waals surface area contributed by atoms with Gasteiger partial charge in [0.2, 0.25) is 17.6 Å². The second-order valence-corrected chi connectivity index (χ2v) is 6.68. The summed E-state index contributed by atoms with van der Waals surface area (Å²) in [6.07, 6.45) is 3.64. The molecule has 144 valence electrons. The lowest BCUT2D eigenvalue weighted by Gasteiger charge is -2.21. The predicted molar refractivity (Wildman–Crippen MR) is 99.9 cm³/mol. The van der Waals surface area contributed by atoms with Crippen molar-refractivity contribution in [3.8, 4) is 17.3 Å². The number of nitrogens with zero attached hydrogens (tertiary/aromatic N) is 4. The third-order valence-electron chi connectivity index (χ3n) is 4.88. The molecule has 0 saturated carbocycles. The van der Waals surface area contributed by atoms with Gasteiger partial charge in [-0.15, -0.1) is 0 Å². The SMILES string of the molecule is COc1ccc(-c2noc([C@H]3CCCN3Cc3ccc(C(=O)O)cc3)n2)cn1. The van der Waals surface area contributed by atoms with Gasteiger partial charge in [-0.05, 0) is 43.1 Å². The Kier molecular flexibility index (Phi) is 5.03. The molecular formula is C20H20N4O4. The van der Waals surface area contributed by atoms with Crippen molar-refractivity contribution in [3.63, 3.8) is 0 Å². The Balaban J connectivity index is 1.48. The molecule has 1 aromatic carbocycles. The lowest BCUT2D eigenvalue weighted by Crippen LogP contribution is -2.23. The maximum atomic E-state index is 11.0. The van der Waals surface area contributed by atoms with Crippen molar-refractivity contribution in [1.29, 1.82) is 0 Å². The molecule has 0 spiro atoms. The zero-order valence-electron chi connectivity index (χ0n) is 15.4. The van der Waals surface area contributed by atoms with Gasteiger partial charge in [0.1, 0.15) is 0 Å². The van der Waals surface area contributed by atoms with Crippen LogP contribution in [0, 0.1) is 0 Å². The van der Waals surface area contributed by atoms with E-state index in [1.807, 2.05) is 18.2 Å². The van der Waals surface area contributed by atoms with Crippen LogP contribution in [0.15, 0.2) is 47.1 Å². The van der Waals surface area contributed by atoms with Crippen molar-refractivity contribution in [3.05, 3.63) is 59.6 Å². The summed E-state index contributed by atoms with van der Waals surface area (Å²) in [6, 6.07) is 10.6. The molecule has 0 radical (unpaired) electrons. The van der Waals surface area contributed by atoms with Gasteiger partial charge in [0.25, 0.3) is 0 Å². The number of hydrogen-bond donors (Lipinski definition) is 1. The number of rotatable bonds is 6. The Bertz CT molecular complexity index is 953. The molecule has 1 N–H and O–H groups in total. The number of carboxylic acid groups (broad SMARTS) is 1. The summed E-state index contributed by atoms with van der Waals surface area (Å²) in [5, 5.41) is 13.1. The van der Waals surface area contributed by atoms with Crippen LogP contribution >= 0.6 is 0 Å². The Morgan fingerprint density at radius 1 is 1.29 bits per heavy atom. The molecule has 3 aromatic rings. The number of aromatic nitrogens is 3. The first-order valence-electron chi connectivity index (χ1n) is 9.04. The van der Waals surface area contributed by atoms with E-state index in [1.165, 1.54) is 0 Å². The van der Waals surface area contributed by atoms with Crippen LogP contribution < -0.4 is 4.74 Å². The Morgan fingerprint density at radius 2 is 2.11 bits per heavy atom. The number of pyridine rings is 1. The minimum Gasteiger partial charge on any atom is -0.481 e. The maximum absolute atomic E-state index is 11.0. The smallest absolute Gasteiger partial charge is 0.335 e. The number of aromatic carboxylic acids is 1. The van der Waals surface area contributed by atoms with Crippen LogP contribution in [0.1, 0.15) is 40.7 Å². The molecule has 0 aliphatic carbocycles. The van der Waals surface area contributed by atoms with Crippen molar-refractivity contribution < 1.29 is 19.2 Å². The van der Waals surface area contributed by atoms with Crippen LogP contribution in [0.4, 0.5) is 0 Å². The summed E-state index contributed by atoms with van der Waals surface area (Å²) in [5.74, 6) is 0.702. The zero-order chi connectivity index (χ0) is 19.5. The largest absolute Gasteiger partial charge is 0.481 e. The van der Waals surface area contributed by atoms with Crippen LogP contribution in [0.2, 0.25) is 0 Å². The molecule has 0 amide bonds. The highest BCUT2D eigenvalue weighted by molar-refractivity contribution is 5.87. The lowest BCUT2D eigenvalue weighted by molar-refractivity contribution is 0.0697. The fourth-order valence-electron chi connectivity index (χ4n) is 3.40. The third kappa shape index (κ3) is 3.72. The highest BCUT2D eigenvalue weighted by Crippen LogP contribution is 2.33. The fraction of sp³-hybridized carbons (Fsp3) is 0.300. The number of carbonyl (C=O) groups is 1. The van der Waals surface area contributed by atoms with Gasteiger partial charge in [-0.2, -0.15) is 4.98 Å². The fourth-order valence-corrected chi connectivity index (χ4v) is 3.40. The average molecular weight is 380 g/mol. The van der Waals surface area contributed by atoms with Crippen molar-refractivity contribution in [2.24, 2.45) is 0 Å². The highest BCUT2D eigenvalue weighted by atomic mass is 16.5. The van der Waals surface area contributed by atoms with Gasteiger partial charge in [-0.1, -0.05) is 17.3 Å². The molecule has 4 rings (SSSR count). The number of methoxy groups -OCH3 is 1. The summed E-state index contributed by atoms with van der Waals surface area (Å²) >= 11 is 0. The quantitative estimate of drug-likeness (QED) is 0.696. The van der Waals surface area contributed by atoms with E-state index in [-0.39, 0.29) is 11.6 Å². The molecule has 0 unspecified atom stereocenters. The minimum atomic E-state index is -0.919. The van der Waals surface area contributed by atoms with Gasteiger partial charge in [-0.25, -0.2) is 9.78 Å². The van der Waals surface area contributed by atoms with Crippen LogP contribution in [0.3, 0.4) is 0 Å². The van der Waals surface area contributed by atoms with Crippen LogP contribution in [-0.2, 0) is 6.54 Å². The molecule has 1 aliphatic heterocycles. The summed E-state index contributed by atoms with van der Waals surface area (Å²) < 4.78 is 10.6. The zero-order valence-corrected chi connectivity index (χ0v) is 15.4. The van der Waals surface area contributed by atoms with Gasteiger partial charge in [0, 0.05) is 24.4 Å². The van der Waals surface area contributed by atoms with Gasteiger partial charge in [0.15, 0.2) is 0 Å². The van der Waals surface area contributed by atoms with E-state index in [1.54, 1.807) is 31.5 Å². The third-order valence-corrected chi connectivity index (χ3v) is 4.88. The molecule has 8 nitrogen and oxygen atoms in total. The molecule has 3 heterocycles. The van der Waals surface area contributed by atoms with Gasteiger partial charge in [0.05, 0.1) is 18.7 Å². The number of carboxylic acids is 1. The predicted octanol–water partition coefficient (Wildman–Crippen LogP) is 3.18. The molecule has 1 saturated heterocycles. The molecule has 2 aromatic heterocycles. The summed E-state index contributed by atoms with van der Waals surface area (Å²) in [4.78, 5) is 22.0. The van der Waals surface area contributed by atoms with E-state index in [4.69, 9.17) is 14.4 Å². The summed E-state index contributed by atoms with van der Waals surface area (Å²) in [6.45, 7) is 1.62. The molecule has 1 aliphatic rings. The van der Waals surface area contributed by atoms with E-state index in [0.717, 1.165) is 30.5 Å². The second kappa shape index (κ2) is 7.77. The van der Waals surface area contributed by atoms with Crippen LogP contribution in [0.5, 0.6) is 5.88 Å². The molecular weight excluding hydrogens is 360 g/mol. The van der Waals surface area contributed by atoms with Crippen LogP contribution in [-0.4, -0.2) is 44.8 Å². The van der Waals surface area contributed by atoms with Crippen LogP contribution in [0.25, 0.3) is 11.4 Å². The number of likely N-dealkylation sites (tertiary alicyclic amines) is 1. The molecule has 8 heteroatoms. The molecule has 28 heavy (non-hydrogen) atoms. The van der Waals surface area contributed by atoms with E-state index in [9.17, 15) is 4.79 Å². The van der Waals surface area contributed by atoms with E-state index in [0.29, 0.717) is 24.1 Å². The number of benzene rings is 1. The minimum absolute atomic E-state index is 0.0478. The average Bonchev–Trinajstić information content (AvgIpc) is 3.38. The van der Waals surface area contributed by atoms with Gasteiger partial charge >= 0.3 is 5.97 Å². The highest BCUT2D eigenvalue weighted by Gasteiger charge is 2.30. The Labute approximate surface area is 161 Å². The van der Waals surface area contributed by atoms with E-state index in [2.05, 4.69) is 20.0 Å². The molecule has 1 atom stereocenters. The van der Waals surface area contributed by atoms with Crippen molar-refractivity contribution in [2.45, 2.75) is 25.4 Å². The van der Waals surface area contributed by atoms with E-state index >= 15 is 0 Å². The van der Waals surface area contributed by atoms with Gasteiger partial charge in [-0.3, -0.25) is 4.90 Å². The van der Waals surface area contributed by atoms with Crippen molar-refractivity contribution in [1.82, 2.24) is 20.0 Å². The maximum Gasteiger partial charge on any atom is 0.335 e. The van der Waals surface area contributed by atoms with Gasteiger partial charge < -0.3 is 14.4 Å². The Hall–Kier alpha value is -3.26. The number of ether oxygens (including phenoxy) is 1. The second-order valence-electron chi connectivity index (χ2n) is 6.68. The topological polar surface area (TPSA) is 102 Å². The standard InChI is InChI=1S/C20H20N4O4/c1-27-17-9-8-15(11-21-17)18-22-19(28-23-18)16-3-2-10-24(16)12-13-4-6-14(7-5-13)20(25)26/h4-9,11,16H,2-3,10,12H2,1H3,(H,25,26)/t16-/m1/s1. The molecule has 0 bridgehead atoms. The summed E-state index contributed by atoms with van der Waals surface area (Å²) in [5.41, 5.74) is 2.11. The summed E-state index contributed by atoms with van der Waals surface area (Å²) in [7, 11) is 1.57. The van der Waals surface area contributed by atoms with Crippen molar-refractivity contribution in [2.75, 3.05) is 13.7 Å². The first-order chi connectivity index (χ1) is 13.6. The lowest BCUT2D eigenvalue weighted by atomic mass is 10.1. The first kappa shape index (κ1) is 18.1. The van der Waals surface area contributed by atoms with Crippen molar-refractivity contribution >= 4 is 5.97 Å². The Morgan fingerprint density at radius 3 is 2.79 bits per heavy atom. The molecule has 1 fully saturated rings.